The molecule has 126 valence electrons. The van der Waals surface area contributed by atoms with Gasteiger partial charge in [-0.05, 0) is 46.8 Å². The van der Waals surface area contributed by atoms with Gasteiger partial charge in [-0.1, -0.05) is 18.2 Å². The van der Waals surface area contributed by atoms with Crippen LogP contribution in [-0.2, 0) is 14.3 Å². The molecule has 1 aromatic carbocycles. The summed E-state index contributed by atoms with van der Waals surface area (Å²) in [6.45, 7) is 9.57. The van der Waals surface area contributed by atoms with Crippen molar-refractivity contribution in [3.8, 4) is 5.75 Å². The van der Waals surface area contributed by atoms with E-state index in [0.717, 1.165) is 5.56 Å². The third kappa shape index (κ3) is 7.00. The molecule has 5 heteroatoms. The van der Waals surface area contributed by atoms with Crippen molar-refractivity contribution in [3.05, 3.63) is 35.9 Å². The van der Waals surface area contributed by atoms with Gasteiger partial charge in [-0.15, -0.1) is 0 Å². The molecule has 0 aliphatic carbocycles. The minimum atomic E-state index is -0.853. The Morgan fingerprint density at radius 3 is 2.52 bits per heavy atom. The number of carbonyl (C=O) groups is 2. The summed E-state index contributed by atoms with van der Waals surface area (Å²) in [5.41, 5.74) is 0.405. The maximum atomic E-state index is 11.9. The highest BCUT2D eigenvalue weighted by Crippen LogP contribution is 2.19. The highest BCUT2D eigenvalue weighted by atomic mass is 16.5. The second-order valence-corrected chi connectivity index (χ2v) is 6.12. The average Bonchev–Trinajstić information content (AvgIpc) is 2.45. The minimum absolute atomic E-state index is 0.325. The molecule has 5 nitrogen and oxygen atoms in total. The van der Waals surface area contributed by atoms with Crippen LogP contribution < -0.4 is 10.1 Å². The molecule has 1 rings (SSSR count). The number of ether oxygens (including phenoxy) is 2. The second-order valence-electron chi connectivity index (χ2n) is 6.12. The molecule has 0 aliphatic heterocycles. The van der Waals surface area contributed by atoms with Gasteiger partial charge in [0.05, 0.1) is 6.61 Å². The Hall–Kier alpha value is -2.30. The minimum Gasteiger partial charge on any atom is -0.493 e. The number of nitrogens with one attached hydrogen (secondary N) is 1. The van der Waals surface area contributed by atoms with Gasteiger partial charge in [0.25, 0.3) is 5.91 Å². The molecule has 23 heavy (non-hydrogen) atoms. The maximum Gasteiger partial charge on any atom is 0.331 e. The number of hydrogen-bond donors (Lipinski definition) is 1. The molecule has 0 fully saturated rings. The molecule has 0 saturated heterocycles. The fraction of sp³-hybridized carbons (Fsp3) is 0.444. The van der Waals surface area contributed by atoms with Crippen LogP contribution >= 0.6 is 0 Å². The van der Waals surface area contributed by atoms with Crippen LogP contribution in [0.1, 0.15) is 40.2 Å². The largest absolute Gasteiger partial charge is 0.493 e. The smallest absolute Gasteiger partial charge is 0.331 e. The van der Waals surface area contributed by atoms with Crippen molar-refractivity contribution >= 4 is 18.0 Å². The molecular weight excluding hydrogens is 294 g/mol. The monoisotopic (exact) mass is 319 g/mol. The summed E-state index contributed by atoms with van der Waals surface area (Å²) in [5.74, 6) is -0.209. The van der Waals surface area contributed by atoms with Gasteiger partial charge in [0, 0.05) is 17.2 Å². The predicted molar refractivity (Wildman–Crippen MR) is 90.1 cm³/mol. The quantitative estimate of drug-likeness (QED) is 0.647. The fourth-order valence-corrected chi connectivity index (χ4v) is 1.80. The van der Waals surface area contributed by atoms with E-state index in [0.29, 0.717) is 12.4 Å². The fourth-order valence-electron chi connectivity index (χ4n) is 1.80. The summed E-state index contributed by atoms with van der Waals surface area (Å²) in [5, 5.41) is 2.76. The lowest BCUT2D eigenvalue weighted by atomic mass is 10.1. The van der Waals surface area contributed by atoms with E-state index >= 15 is 0 Å². The SMILES string of the molecule is CCOc1ccccc1/C=C/C(=O)O[C@H](C)C(=O)NC(C)(C)C. The zero-order valence-electron chi connectivity index (χ0n) is 14.4. The number of esters is 1. The van der Waals surface area contributed by atoms with Gasteiger partial charge in [-0.3, -0.25) is 4.79 Å². The van der Waals surface area contributed by atoms with Crippen LogP contribution in [0.5, 0.6) is 5.75 Å². The van der Waals surface area contributed by atoms with Crippen molar-refractivity contribution in [2.45, 2.75) is 46.3 Å². The Labute approximate surface area is 137 Å². The first-order valence-corrected chi connectivity index (χ1v) is 7.65. The van der Waals surface area contributed by atoms with Crippen LogP contribution in [0.2, 0.25) is 0 Å². The van der Waals surface area contributed by atoms with Gasteiger partial charge in [0.15, 0.2) is 6.10 Å². The van der Waals surface area contributed by atoms with Crippen molar-refractivity contribution in [1.82, 2.24) is 5.32 Å². The van der Waals surface area contributed by atoms with Gasteiger partial charge in [0.2, 0.25) is 0 Å². The highest BCUT2D eigenvalue weighted by Gasteiger charge is 2.21. The molecule has 0 aliphatic rings. The Morgan fingerprint density at radius 1 is 1.26 bits per heavy atom. The Morgan fingerprint density at radius 2 is 1.91 bits per heavy atom. The average molecular weight is 319 g/mol. The Kier molecular flexibility index (Phi) is 6.82. The molecule has 1 amide bonds. The van der Waals surface area contributed by atoms with E-state index in [1.165, 1.54) is 6.08 Å². The van der Waals surface area contributed by atoms with Crippen LogP contribution in [0.15, 0.2) is 30.3 Å². The van der Waals surface area contributed by atoms with Crippen LogP contribution in [-0.4, -0.2) is 30.1 Å². The molecule has 0 heterocycles. The second kappa shape index (κ2) is 8.36. The van der Waals surface area contributed by atoms with Gasteiger partial charge in [-0.25, -0.2) is 4.79 Å². The molecule has 0 aromatic heterocycles. The summed E-state index contributed by atoms with van der Waals surface area (Å²) >= 11 is 0. The van der Waals surface area contributed by atoms with E-state index in [1.807, 2.05) is 52.0 Å². The zero-order chi connectivity index (χ0) is 17.5. The van der Waals surface area contributed by atoms with E-state index in [-0.39, 0.29) is 11.4 Å². The Bertz CT molecular complexity index is 573. The van der Waals surface area contributed by atoms with Gasteiger partial charge in [0.1, 0.15) is 5.75 Å². The molecule has 1 atom stereocenters. The number of amides is 1. The topological polar surface area (TPSA) is 64.6 Å². The van der Waals surface area contributed by atoms with Crippen LogP contribution in [0.3, 0.4) is 0 Å². The summed E-state index contributed by atoms with van der Waals surface area (Å²) < 4.78 is 10.6. The van der Waals surface area contributed by atoms with E-state index in [4.69, 9.17) is 9.47 Å². The van der Waals surface area contributed by atoms with Gasteiger partial charge < -0.3 is 14.8 Å². The molecule has 0 radical (unpaired) electrons. The molecule has 1 N–H and O–H groups in total. The Balaban J connectivity index is 2.64. The first-order valence-electron chi connectivity index (χ1n) is 7.65. The molecule has 0 unspecified atom stereocenters. The van der Waals surface area contributed by atoms with E-state index in [2.05, 4.69) is 5.32 Å². The van der Waals surface area contributed by atoms with Gasteiger partial charge in [-0.2, -0.15) is 0 Å². The lowest BCUT2D eigenvalue weighted by Gasteiger charge is -2.22. The standard InChI is InChI=1S/C18H25NO4/c1-6-22-15-10-8-7-9-14(15)11-12-16(20)23-13(2)17(21)19-18(3,4)5/h7-13H,6H2,1-5H3,(H,19,21)/b12-11+/t13-/m1/s1. The van der Waals surface area contributed by atoms with Crippen molar-refractivity contribution in [2.24, 2.45) is 0 Å². The lowest BCUT2D eigenvalue weighted by molar-refractivity contribution is -0.150. The van der Waals surface area contributed by atoms with Gasteiger partial charge >= 0.3 is 5.97 Å². The summed E-state index contributed by atoms with van der Waals surface area (Å²) in [7, 11) is 0. The number of para-hydroxylation sites is 1. The van der Waals surface area contributed by atoms with Crippen LogP contribution in [0.25, 0.3) is 6.08 Å². The first kappa shape index (κ1) is 18.7. The molecule has 0 saturated carbocycles. The molecule has 0 spiro atoms. The number of rotatable bonds is 6. The van der Waals surface area contributed by atoms with Crippen molar-refractivity contribution in [1.29, 1.82) is 0 Å². The van der Waals surface area contributed by atoms with Crippen molar-refractivity contribution < 1.29 is 19.1 Å². The summed E-state index contributed by atoms with van der Waals surface area (Å²) in [4.78, 5) is 23.7. The molecule has 1 aromatic rings. The number of hydrogen-bond acceptors (Lipinski definition) is 4. The normalized spacial score (nSPS) is 12.7. The van der Waals surface area contributed by atoms with E-state index in [1.54, 1.807) is 13.0 Å². The molecule has 0 bridgehead atoms. The number of carbonyl (C=O) groups excluding carboxylic acids is 2. The summed E-state index contributed by atoms with van der Waals surface area (Å²) in [6.07, 6.45) is 2.05. The summed E-state index contributed by atoms with van der Waals surface area (Å²) in [6, 6.07) is 7.38. The number of benzene rings is 1. The maximum absolute atomic E-state index is 11.9. The van der Waals surface area contributed by atoms with Crippen molar-refractivity contribution in [2.75, 3.05) is 6.61 Å². The first-order chi connectivity index (χ1) is 10.7. The predicted octanol–water partition coefficient (Wildman–Crippen LogP) is 2.94. The molecular formula is C18H25NO4. The third-order valence-corrected chi connectivity index (χ3v) is 2.78. The van der Waals surface area contributed by atoms with Crippen molar-refractivity contribution in [3.63, 3.8) is 0 Å². The van der Waals surface area contributed by atoms with Crippen LogP contribution in [0.4, 0.5) is 0 Å². The van der Waals surface area contributed by atoms with E-state index in [9.17, 15) is 9.59 Å². The zero-order valence-corrected chi connectivity index (χ0v) is 14.4. The van der Waals surface area contributed by atoms with Crippen LogP contribution in [0, 0.1) is 0 Å². The third-order valence-electron chi connectivity index (χ3n) is 2.78. The lowest BCUT2D eigenvalue weighted by Crippen LogP contribution is -2.46. The van der Waals surface area contributed by atoms with E-state index < -0.39 is 12.1 Å². The highest BCUT2D eigenvalue weighted by molar-refractivity contribution is 5.90.